The number of rotatable bonds is 4. The normalized spacial score (nSPS) is 22.4. The predicted molar refractivity (Wildman–Crippen MR) is 62.4 cm³/mol. The van der Waals surface area contributed by atoms with Gasteiger partial charge >= 0.3 is 5.97 Å². The number of hydrogen-bond donors (Lipinski definition) is 2. The summed E-state index contributed by atoms with van der Waals surface area (Å²) in [5.41, 5.74) is -1.96. The lowest BCUT2D eigenvalue weighted by Gasteiger charge is -2.23. The molecule has 1 aliphatic heterocycles. The molecule has 1 aromatic carbocycles. The molecule has 1 unspecified atom stereocenters. The summed E-state index contributed by atoms with van der Waals surface area (Å²) >= 11 is 0. The molecule has 1 aliphatic rings. The molecule has 0 spiro atoms. The molecule has 6 nitrogen and oxygen atoms in total. The monoisotopic (exact) mass is 325 g/mol. The fraction of sp³-hybridized carbons (Fsp3) is 0.364. The summed E-state index contributed by atoms with van der Waals surface area (Å²) in [4.78, 5) is 10.0. The van der Waals surface area contributed by atoms with Crippen molar-refractivity contribution in [3.8, 4) is 0 Å². The second-order valence-electron chi connectivity index (χ2n) is 4.47. The number of ether oxygens (including phenoxy) is 1. The number of hydrogen-bond acceptors (Lipinski definition) is 4. The van der Waals surface area contributed by atoms with Gasteiger partial charge in [-0.3, -0.25) is 4.79 Å². The zero-order chi connectivity index (χ0) is 15.8. The van der Waals surface area contributed by atoms with Crippen LogP contribution >= 0.6 is 0 Å². The van der Waals surface area contributed by atoms with Gasteiger partial charge in [-0.15, -0.1) is 0 Å². The van der Waals surface area contributed by atoms with Crippen LogP contribution in [0.2, 0.25) is 0 Å². The number of halogens is 3. The van der Waals surface area contributed by atoms with Crippen molar-refractivity contribution in [1.82, 2.24) is 4.72 Å². The van der Waals surface area contributed by atoms with Gasteiger partial charge in [-0.2, -0.15) is 4.72 Å². The van der Waals surface area contributed by atoms with Gasteiger partial charge < -0.3 is 9.84 Å². The number of carboxylic acid groups (broad SMARTS) is 1. The van der Waals surface area contributed by atoms with Gasteiger partial charge in [-0.25, -0.2) is 21.6 Å². The van der Waals surface area contributed by atoms with Crippen LogP contribution in [0.1, 0.15) is 6.42 Å². The Kier molecular flexibility index (Phi) is 3.95. The van der Waals surface area contributed by atoms with Crippen LogP contribution < -0.4 is 4.72 Å². The van der Waals surface area contributed by atoms with Crippen LogP contribution in [0.5, 0.6) is 0 Å². The first-order valence-electron chi connectivity index (χ1n) is 5.68. The van der Waals surface area contributed by atoms with Crippen LogP contribution in [-0.4, -0.2) is 38.2 Å². The van der Waals surface area contributed by atoms with E-state index in [9.17, 15) is 26.4 Å². The van der Waals surface area contributed by atoms with Crippen molar-refractivity contribution in [2.45, 2.75) is 16.9 Å². The maximum atomic E-state index is 13.5. The first-order valence-corrected chi connectivity index (χ1v) is 7.16. The smallest absolute Gasteiger partial charge is 0.327 e. The lowest BCUT2D eigenvalue weighted by Crippen LogP contribution is -2.55. The fourth-order valence-electron chi connectivity index (χ4n) is 1.89. The summed E-state index contributed by atoms with van der Waals surface area (Å²) in [7, 11) is -4.71. The zero-order valence-corrected chi connectivity index (χ0v) is 11.2. The maximum Gasteiger partial charge on any atom is 0.327 e. The summed E-state index contributed by atoms with van der Waals surface area (Å²) in [6, 6.07) is 0.951. The number of carboxylic acids is 1. The van der Waals surface area contributed by atoms with E-state index < -0.39 is 50.5 Å². The molecule has 0 aliphatic carbocycles. The Labute approximate surface area is 117 Å². The second kappa shape index (κ2) is 5.28. The molecule has 0 radical (unpaired) electrons. The molecule has 21 heavy (non-hydrogen) atoms. The van der Waals surface area contributed by atoms with E-state index in [4.69, 9.17) is 9.84 Å². The molecule has 0 saturated carbocycles. The Morgan fingerprint density at radius 2 is 1.95 bits per heavy atom. The van der Waals surface area contributed by atoms with Crippen molar-refractivity contribution in [2.75, 3.05) is 13.2 Å². The molecule has 1 fully saturated rings. The molecular weight excluding hydrogens is 315 g/mol. The Hall–Kier alpha value is -1.65. The summed E-state index contributed by atoms with van der Waals surface area (Å²) in [6.07, 6.45) is -0.174. The third-order valence-electron chi connectivity index (χ3n) is 3.05. The van der Waals surface area contributed by atoms with Gasteiger partial charge in [0.25, 0.3) is 0 Å². The van der Waals surface area contributed by atoms with Crippen LogP contribution in [-0.2, 0) is 19.6 Å². The highest BCUT2D eigenvalue weighted by atomic mass is 32.2. The highest BCUT2D eigenvalue weighted by Crippen LogP contribution is 2.25. The summed E-state index contributed by atoms with van der Waals surface area (Å²) in [5, 5.41) is 9.11. The Balaban J connectivity index is 2.44. The van der Waals surface area contributed by atoms with Gasteiger partial charge in [0.2, 0.25) is 10.0 Å². The van der Waals surface area contributed by atoms with E-state index in [1.165, 1.54) is 0 Å². The quantitative estimate of drug-likeness (QED) is 0.792. The third-order valence-corrected chi connectivity index (χ3v) is 4.60. The standard InChI is InChI=1S/C11H10F3NO5S/c12-6-1-2-7(9(14)8(6)13)21(18,19)15-11(10(16)17)3-4-20-5-11/h1-2,15H,3-5H2,(H,16,17). The number of carbonyl (C=O) groups is 1. The topological polar surface area (TPSA) is 92.7 Å². The van der Waals surface area contributed by atoms with Crippen molar-refractivity contribution in [1.29, 1.82) is 0 Å². The average molecular weight is 325 g/mol. The predicted octanol–water partition coefficient (Wildman–Crippen LogP) is 0.626. The van der Waals surface area contributed by atoms with Gasteiger partial charge in [0, 0.05) is 13.0 Å². The molecule has 2 N–H and O–H groups in total. The second-order valence-corrected chi connectivity index (χ2v) is 6.12. The van der Waals surface area contributed by atoms with Gasteiger partial charge in [-0.05, 0) is 12.1 Å². The fourth-order valence-corrected chi connectivity index (χ4v) is 3.33. The van der Waals surface area contributed by atoms with Gasteiger partial charge in [-0.1, -0.05) is 0 Å². The first-order chi connectivity index (χ1) is 9.69. The van der Waals surface area contributed by atoms with Gasteiger partial charge in [0.05, 0.1) is 6.61 Å². The minimum absolute atomic E-state index is 0.00488. The van der Waals surface area contributed by atoms with E-state index in [2.05, 4.69) is 0 Å². The van der Waals surface area contributed by atoms with Gasteiger partial charge in [0.1, 0.15) is 4.90 Å². The van der Waals surface area contributed by atoms with E-state index in [1.807, 2.05) is 0 Å². The summed E-state index contributed by atoms with van der Waals surface area (Å²) in [5.74, 6) is -6.93. The highest BCUT2D eigenvalue weighted by Gasteiger charge is 2.46. The van der Waals surface area contributed by atoms with Crippen molar-refractivity contribution in [2.24, 2.45) is 0 Å². The molecule has 1 aromatic rings. The Bertz CT molecular complexity index is 685. The molecule has 1 atom stereocenters. The van der Waals surface area contributed by atoms with Crippen molar-refractivity contribution < 1.29 is 36.2 Å². The van der Waals surface area contributed by atoms with Crippen LogP contribution in [0.3, 0.4) is 0 Å². The average Bonchev–Trinajstić information content (AvgIpc) is 2.84. The van der Waals surface area contributed by atoms with Gasteiger partial charge in [0.15, 0.2) is 23.0 Å². The first kappa shape index (κ1) is 15.7. The van der Waals surface area contributed by atoms with E-state index in [0.717, 1.165) is 0 Å². The highest BCUT2D eigenvalue weighted by molar-refractivity contribution is 7.89. The zero-order valence-electron chi connectivity index (χ0n) is 10.4. The van der Waals surface area contributed by atoms with Crippen LogP contribution in [0.25, 0.3) is 0 Å². The number of aliphatic carboxylic acids is 1. The van der Waals surface area contributed by atoms with Crippen LogP contribution in [0.15, 0.2) is 17.0 Å². The van der Waals surface area contributed by atoms with Crippen molar-refractivity contribution in [3.05, 3.63) is 29.6 Å². The largest absolute Gasteiger partial charge is 0.480 e. The SMILES string of the molecule is O=C(O)C1(NS(=O)(=O)c2ccc(F)c(F)c2F)CCOC1. The molecule has 116 valence electrons. The molecule has 0 aromatic heterocycles. The molecule has 1 saturated heterocycles. The minimum atomic E-state index is -4.71. The lowest BCUT2D eigenvalue weighted by molar-refractivity contribution is -0.144. The van der Waals surface area contributed by atoms with Crippen LogP contribution in [0.4, 0.5) is 13.2 Å². The Morgan fingerprint density at radius 1 is 1.29 bits per heavy atom. The molecule has 2 rings (SSSR count). The lowest BCUT2D eigenvalue weighted by atomic mass is 10.0. The van der Waals surface area contributed by atoms with E-state index in [0.29, 0.717) is 12.1 Å². The summed E-state index contributed by atoms with van der Waals surface area (Å²) in [6.45, 7) is -0.456. The Morgan fingerprint density at radius 3 is 2.48 bits per heavy atom. The third kappa shape index (κ3) is 2.74. The van der Waals surface area contributed by atoms with E-state index >= 15 is 0 Å². The number of benzene rings is 1. The van der Waals surface area contributed by atoms with Crippen molar-refractivity contribution in [3.63, 3.8) is 0 Å². The molecule has 0 amide bonds. The molecule has 0 bridgehead atoms. The maximum absolute atomic E-state index is 13.5. The van der Waals surface area contributed by atoms with Crippen LogP contribution in [0, 0.1) is 17.5 Å². The molecule has 1 heterocycles. The minimum Gasteiger partial charge on any atom is -0.480 e. The van der Waals surface area contributed by atoms with E-state index in [1.54, 1.807) is 4.72 Å². The molecular formula is C11H10F3NO5S. The number of nitrogens with one attached hydrogen (secondary N) is 1. The molecule has 10 heteroatoms. The van der Waals surface area contributed by atoms with Crippen molar-refractivity contribution >= 4 is 16.0 Å². The summed E-state index contributed by atoms with van der Waals surface area (Å²) < 4.78 is 70.1. The number of sulfonamides is 1. The van der Waals surface area contributed by atoms with E-state index in [-0.39, 0.29) is 13.0 Å².